The Morgan fingerprint density at radius 1 is 1.28 bits per heavy atom. The Morgan fingerprint density at radius 3 is 2.60 bits per heavy atom. The zero-order valence-corrected chi connectivity index (χ0v) is 15.4. The van der Waals surface area contributed by atoms with E-state index in [0.717, 1.165) is 22.6 Å². The summed E-state index contributed by atoms with van der Waals surface area (Å²) in [5.74, 6) is -1.12. The third-order valence-electron chi connectivity index (χ3n) is 4.11. The monoisotopic (exact) mass is 381 g/mol. The van der Waals surface area contributed by atoms with Crippen LogP contribution < -0.4 is 0 Å². The molecular weight excluding hydrogens is 362 g/mol. The van der Waals surface area contributed by atoms with E-state index in [1.165, 1.54) is 15.8 Å². The Morgan fingerprint density at radius 2 is 2.00 bits per heavy atom. The molecule has 1 saturated heterocycles. The lowest BCUT2D eigenvalue weighted by atomic mass is 10.2. The molecule has 3 heterocycles. The Kier molecular flexibility index (Phi) is 5.19. The normalized spacial score (nSPS) is 16.8. The second-order valence-electron chi connectivity index (χ2n) is 5.96. The molecule has 1 fully saturated rings. The lowest BCUT2D eigenvalue weighted by Gasteiger charge is -2.33. The summed E-state index contributed by atoms with van der Waals surface area (Å²) in [6.07, 6.45) is 1.78. The van der Waals surface area contributed by atoms with Crippen molar-refractivity contribution in [2.45, 2.75) is 17.7 Å². The van der Waals surface area contributed by atoms with E-state index in [2.05, 4.69) is 9.88 Å². The van der Waals surface area contributed by atoms with Gasteiger partial charge in [-0.3, -0.25) is 9.88 Å². The SMILES string of the molecule is Cc1ccnc(CN2CCN(S(=O)(=O)c3cc(C(=O)O)cs3)CC2)c1. The number of carboxylic acids is 1. The van der Waals surface area contributed by atoms with Gasteiger partial charge in [-0.1, -0.05) is 0 Å². The van der Waals surface area contributed by atoms with E-state index in [4.69, 9.17) is 5.11 Å². The van der Waals surface area contributed by atoms with Gasteiger partial charge in [-0.2, -0.15) is 4.31 Å². The molecule has 0 spiro atoms. The number of sulfonamides is 1. The van der Waals surface area contributed by atoms with Crippen LogP contribution in [0.4, 0.5) is 0 Å². The number of thiophene rings is 1. The van der Waals surface area contributed by atoms with Crippen molar-refractivity contribution in [3.8, 4) is 0 Å². The minimum Gasteiger partial charge on any atom is -0.478 e. The van der Waals surface area contributed by atoms with Gasteiger partial charge in [-0.25, -0.2) is 13.2 Å². The molecule has 25 heavy (non-hydrogen) atoms. The highest BCUT2D eigenvalue weighted by Crippen LogP contribution is 2.25. The number of hydrogen-bond acceptors (Lipinski definition) is 6. The number of carboxylic acid groups (broad SMARTS) is 1. The van der Waals surface area contributed by atoms with Crippen molar-refractivity contribution in [3.05, 3.63) is 46.6 Å². The first-order chi connectivity index (χ1) is 11.9. The molecule has 0 aliphatic carbocycles. The van der Waals surface area contributed by atoms with Crippen molar-refractivity contribution in [2.75, 3.05) is 26.2 Å². The molecular formula is C16H19N3O4S2. The summed E-state index contributed by atoms with van der Waals surface area (Å²) in [6.45, 7) is 4.71. The van der Waals surface area contributed by atoms with Gasteiger partial charge in [0.15, 0.2) is 0 Å². The minimum absolute atomic E-state index is 0.00716. The molecule has 9 heteroatoms. The van der Waals surface area contributed by atoms with Crippen molar-refractivity contribution in [3.63, 3.8) is 0 Å². The highest BCUT2D eigenvalue weighted by atomic mass is 32.2. The lowest BCUT2D eigenvalue weighted by Crippen LogP contribution is -2.48. The Balaban J connectivity index is 1.63. The van der Waals surface area contributed by atoms with Crippen LogP contribution in [0.2, 0.25) is 0 Å². The van der Waals surface area contributed by atoms with Gasteiger partial charge in [-0.05, 0) is 30.7 Å². The van der Waals surface area contributed by atoms with Crippen LogP contribution in [-0.2, 0) is 16.6 Å². The van der Waals surface area contributed by atoms with Gasteiger partial charge >= 0.3 is 5.97 Å². The summed E-state index contributed by atoms with van der Waals surface area (Å²) >= 11 is 0.949. The van der Waals surface area contributed by atoms with Crippen LogP contribution >= 0.6 is 11.3 Å². The molecule has 2 aromatic heterocycles. The highest BCUT2D eigenvalue weighted by molar-refractivity contribution is 7.91. The smallest absolute Gasteiger partial charge is 0.336 e. The van der Waals surface area contributed by atoms with E-state index >= 15 is 0 Å². The van der Waals surface area contributed by atoms with Crippen molar-refractivity contribution in [1.82, 2.24) is 14.2 Å². The van der Waals surface area contributed by atoms with Gasteiger partial charge < -0.3 is 5.11 Å². The third-order valence-corrected chi connectivity index (χ3v) is 7.42. The molecule has 7 nitrogen and oxygen atoms in total. The molecule has 0 amide bonds. The van der Waals surface area contributed by atoms with Crippen LogP contribution in [0.15, 0.2) is 34.0 Å². The van der Waals surface area contributed by atoms with Crippen molar-refractivity contribution in [2.24, 2.45) is 0 Å². The zero-order valence-electron chi connectivity index (χ0n) is 13.8. The molecule has 1 aliphatic rings. The van der Waals surface area contributed by atoms with E-state index in [9.17, 15) is 13.2 Å². The molecule has 0 bridgehead atoms. The predicted molar refractivity (Wildman–Crippen MR) is 94.3 cm³/mol. The Bertz CT molecular complexity index is 871. The third kappa shape index (κ3) is 4.06. The van der Waals surface area contributed by atoms with Gasteiger partial charge in [0.2, 0.25) is 0 Å². The van der Waals surface area contributed by atoms with Crippen LogP contribution in [0, 0.1) is 6.92 Å². The molecule has 0 unspecified atom stereocenters. The number of pyridine rings is 1. The van der Waals surface area contributed by atoms with Crippen LogP contribution in [0.25, 0.3) is 0 Å². The minimum atomic E-state index is -3.63. The van der Waals surface area contributed by atoms with Crippen molar-refractivity contribution < 1.29 is 18.3 Å². The first-order valence-electron chi connectivity index (χ1n) is 7.82. The fourth-order valence-electron chi connectivity index (χ4n) is 2.73. The van der Waals surface area contributed by atoms with Gasteiger partial charge in [0.05, 0.1) is 11.3 Å². The first kappa shape index (κ1) is 18.0. The second kappa shape index (κ2) is 7.20. The fraction of sp³-hybridized carbons (Fsp3) is 0.375. The molecule has 134 valence electrons. The highest BCUT2D eigenvalue weighted by Gasteiger charge is 2.30. The number of rotatable bonds is 5. The second-order valence-corrected chi connectivity index (χ2v) is 9.04. The molecule has 1 aliphatic heterocycles. The maximum Gasteiger partial charge on any atom is 0.336 e. The first-order valence-corrected chi connectivity index (χ1v) is 10.1. The van der Waals surface area contributed by atoms with Crippen LogP contribution in [-0.4, -0.2) is 59.9 Å². The summed E-state index contributed by atoms with van der Waals surface area (Å²) in [7, 11) is -3.63. The van der Waals surface area contributed by atoms with Crippen LogP contribution in [0.5, 0.6) is 0 Å². The van der Waals surface area contributed by atoms with Crippen LogP contribution in [0.3, 0.4) is 0 Å². The molecule has 3 rings (SSSR count). The number of aryl methyl sites for hydroxylation is 1. The number of hydrogen-bond donors (Lipinski definition) is 1. The van der Waals surface area contributed by atoms with Crippen molar-refractivity contribution in [1.29, 1.82) is 0 Å². The van der Waals surface area contributed by atoms with Gasteiger partial charge in [0, 0.05) is 44.3 Å². The van der Waals surface area contributed by atoms with E-state index < -0.39 is 16.0 Å². The predicted octanol–water partition coefficient (Wildman–Crippen LogP) is 1.66. The fourth-order valence-corrected chi connectivity index (χ4v) is 5.46. The maximum atomic E-state index is 12.6. The summed E-state index contributed by atoms with van der Waals surface area (Å²) in [5.41, 5.74) is 2.13. The number of carbonyl (C=O) groups is 1. The van der Waals surface area contributed by atoms with Crippen LogP contribution in [0.1, 0.15) is 21.6 Å². The lowest BCUT2D eigenvalue weighted by molar-refractivity contribution is 0.0697. The van der Waals surface area contributed by atoms with E-state index in [0.29, 0.717) is 32.7 Å². The number of nitrogens with zero attached hydrogens (tertiary/aromatic N) is 3. The number of aromatic nitrogens is 1. The summed E-state index contributed by atoms with van der Waals surface area (Å²) in [6, 6.07) is 5.20. The van der Waals surface area contributed by atoms with E-state index in [1.54, 1.807) is 6.20 Å². The summed E-state index contributed by atoms with van der Waals surface area (Å²) in [4.78, 5) is 17.5. The average molecular weight is 381 g/mol. The summed E-state index contributed by atoms with van der Waals surface area (Å²) < 4.78 is 26.8. The van der Waals surface area contributed by atoms with Gasteiger partial charge in [-0.15, -0.1) is 11.3 Å². The molecule has 0 radical (unpaired) electrons. The molecule has 0 atom stereocenters. The zero-order chi connectivity index (χ0) is 18.0. The van der Waals surface area contributed by atoms with Crippen molar-refractivity contribution >= 4 is 27.3 Å². The van der Waals surface area contributed by atoms with E-state index in [-0.39, 0.29) is 9.77 Å². The largest absolute Gasteiger partial charge is 0.478 e. The standard InChI is InChI=1S/C16H19N3O4S2/c1-12-2-3-17-14(8-12)10-18-4-6-19(7-5-18)25(22,23)15-9-13(11-24-15)16(20)21/h2-3,8-9,11H,4-7,10H2,1H3,(H,20,21). The quantitative estimate of drug-likeness (QED) is 0.847. The number of piperazine rings is 1. The topological polar surface area (TPSA) is 90.8 Å². The van der Waals surface area contributed by atoms with Gasteiger partial charge in [0.1, 0.15) is 4.21 Å². The summed E-state index contributed by atoms with van der Waals surface area (Å²) in [5, 5.41) is 10.3. The maximum absolute atomic E-state index is 12.6. The van der Waals surface area contributed by atoms with E-state index in [1.807, 2.05) is 19.1 Å². The Hall–Kier alpha value is -1.81. The molecule has 2 aromatic rings. The molecule has 1 N–H and O–H groups in total. The molecule has 0 aromatic carbocycles. The average Bonchev–Trinajstić information content (AvgIpc) is 3.06. The Labute approximate surface area is 150 Å². The van der Waals surface area contributed by atoms with Gasteiger partial charge in [0.25, 0.3) is 10.0 Å². The number of aromatic carboxylic acids is 1. The molecule has 0 saturated carbocycles.